The van der Waals surface area contributed by atoms with Gasteiger partial charge < -0.3 is 4.74 Å². The summed E-state index contributed by atoms with van der Waals surface area (Å²) in [6.45, 7) is 7.99. The lowest BCUT2D eigenvalue weighted by atomic mass is 10.1. The maximum atomic E-state index is 13.0. The van der Waals surface area contributed by atoms with Gasteiger partial charge in [-0.25, -0.2) is 14.1 Å². The van der Waals surface area contributed by atoms with Gasteiger partial charge >= 0.3 is 6.09 Å². The second-order valence-corrected chi connectivity index (χ2v) is 10.6. The summed E-state index contributed by atoms with van der Waals surface area (Å²) < 4.78 is 34.6. The molecule has 170 valence electrons. The van der Waals surface area contributed by atoms with Crippen LogP contribution in [-0.4, -0.2) is 46.4 Å². The molecular weight excluding hydrogens is 430 g/mol. The van der Waals surface area contributed by atoms with E-state index in [9.17, 15) is 13.2 Å². The highest BCUT2D eigenvalue weighted by Gasteiger charge is 2.37. The molecule has 0 fully saturated rings. The van der Waals surface area contributed by atoms with E-state index in [1.54, 1.807) is 15.8 Å². The Hall–Kier alpha value is -3.14. The van der Waals surface area contributed by atoms with Crippen LogP contribution < -0.4 is 4.31 Å². The van der Waals surface area contributed by atoms with Gasteiger partial charge in [0.05, 0.1) is 36.7 Å². The molecule has 0 saturated carbocycles. The number of benzene rings is 1. The van der Waals surface area contributed by atoms with Crippen molar-refractivity contribution in [3.8, 4) is 0 Å². The summed E-state index contributed by atoms with van der Waals surface area (Å²) >= 11 is 0. The van der Waals surface area contributed by atoms with Gasteiger partial charge in [-0.2, -0.15) is 13.5 Å². The summed E-state index contributed by atoms with van der Waals surface area (Å²) in [5.74, 6) is 0. The molecule has 2 aromatic rings. The van der Waals surface area contributed by atoms with Crippen molar-refractivity contribution in [3.63, 3.8) is 0 Å². The van der Waals surface area contributed by atoms with Crippen LogP contribution in [0.15, 0.2) is 53.4 Å². The molecule has 0 saturated heterocycles. The molecule has 0 N–H and O–H groups in total. The lowest BCUT2D eigenvalue weighted by Crippen LogP contribution is -2.47. The van der Waals surface area contributed by atoms with E-state index in [0.29, 0.717) is 30.0 Å². The molecule has 0 bridgehead atoms. The maximum Gasteiger partial charge on any atom is 0.410 e. The number of nitrogens with zero attached hydrogens (tertiary/aromatic N) is 5. The molecule has 3 heterocycles. The van der Waals surface area contributed by atoms with Gasteiger partial charge in [0.15, 0.2) is 0 Å². The number of aromatic nitrogens is 2. The van der Waals surface area contributed by atoms with Gasteiger partial charge in [0, 0.05) is 12.6 Å². The first-order chi connectivity index (χ1) is 15.0. The van der Waals surface area contributed by atoms with Crippen molar-refractivity contribution in [2.75, 3.05) is 4.31 Å². The fourth-order valence-corrected chi connectivity index (χ4v) is 4.97. The van der Waals surface area contributed by atoms with E-state index in [2.05, 4.69) is 10.1 Å². The number of carbonyl (C=O) groups is 1. The molecule has 9 nitrogen and oxygen atoms in total. The molecule has 2 aliphatic rings. The number of hydrogen-bond acceptors (Lipinski definition) is 6. The topological polar surface area (TPSA) is 97.1 Å². The van der Waals surface area contributed by atoms with Gasteiger partial charge in [-0.05, 0) is 33.3 Å². The van der Waals surface area contributed by atoms with Crippen LogP contribution in [0.5, 0.6) is 0 Å². The first-order valence-electron chi connectivity index (χ1n) is 10.4. The Labute approximate surface area is 188 Å². The predicted octanol–water partition coefficient (Wildman–Crippen LogP) is 3.28. The van der Waals surface area contributed by atoms with Crippen molar-refractivity contribution in [3.05, 3.63) is 59.7 Å². The fraction of sp³-hybridized carbons (Fsp3) is 0.409. The number of amides is 1. The molecular formula is C22H27N5O4S. The molecule has 0 radical (unpaired) electrons. The Morgan fingerprint density at radius 1 is 1.22 bits per heavy atom. The van der Waals surface area contributed by atoms with Crippen molar-refractivity contribution < 1.29 is 17.9 Å². The van der Waals surface area contributed by atoms with E-state index >= 15 is 0 Å². The Kier molecular flexibility index (Phi) is 5.58. The van der Waals surface area contributed by atoms with Gasteiger partial charge in [0.2, 0.25) is 0 Å². The van der Waals surface area contributed by atoms with Crippen LogP contribution in [0.4, 0.5) is 10.5 Å². The molecule has 10 heteroatoms. The van der Waals surface area contributed by atoms with E-state index < -0.39 is 21.7 Å². The summed E-state index contributed by atoms with van der Waals surface area (Å²) in [6.07, 6.45) is 3.03. The Morgan fingerprint density at radius 3 is 2.62 bits per heavy atom. The third-order valence-electron chi connectivity index (χ3n) is 5.22. The van der Waals surface area contributed by atoms with E-state index in [4.69, 9.17) is 4.74 Å². The predicted molar refractivity (Wildman–Crippen MR) is 122 cm³/mol. The van der Waals surface area contributed by atoms with Crippen molar-refractivity contribution in [2.24, 2.45) is 4.99 Å². The molecule has 0 spiro atoms. The third kappa shape index (κ3) is 4.40. The van der Waals surface area contributed by atoms with Crippen LogP contribution in [0.1, 0.15) is 39.0 Å². The number of ether oxygens (including phenoxy) is 1. The van der Waals surface area contributed by atoms with Crippen molar-refractivity contribution >= 4 is 27.4 Å². The second-order valence-electron chi connectivity index (χ2n) is 8.96. The third-order valence-corrected chi connectivity index (χ3v) is 6.55. The van der Waals surface area contributed by atoms with E-state index in [1.807, 2.05) is 58.0 Å². The molecule has 0 aliphatic carbocycles. The number of carbonyl (C=O) groups excluding carboxylic acids is 1. The standard InChI is InChI=1S/C22H27N5O4S/c1-16-13-26-20(14-25(16)21(28)31-22(2,3)4)19(12-24-26)27-18(11-23-15-32(27,29)30)10-17-8-6-5-7-9-17/h5-9,11-12,15-16H,10,13-14H2,1-4H3/t16-/m0/s1. The summed E-state index contributed by atoms with van der Waals surface area (Å²) in [5, 5.41) is 4.42. The fourth-order valence-electron chi connectivity index (χ4n) is 3.79. The quantitative estimate of drug-likeness (QED) is 0.705. The maximum absolute atomic E-state index is 13.0. The zero-order chi connectivity index (χ0) is 23.1. The minimum Gasteiger partial charge on any atom is -0.444 e. The molecule has 2 aliphatic heterocycles. The average molecular weight is 458 g/mol. The van der Waals surface area contributed by atoms with Gasteiger partial charge in [-0.15, -0.1) is 0 Å². The molecule has 1 aromatic heterocycles. The summed E-state index contributed by atoms with van der Waals surface area (Å²) in [4.78, 5) is 18.3. The lowest BCUT2D eigenvalue weighted by Gasteiger charge is -2.36. The second kappa shape index (κ2) is 8.09. The first-order valence-corrected chi connectivity index (χ1v) is 11.9. The minimum atomic E-state index is -3.84. The number of rotatable bonds is 3. The normalized spacial score (nSPS) is 20.0. The van der Waals surface area contributed by atoms with Crippen molar-refractivity contribution in [2.45, 2.75) is 58.8 Å². The average Bonchev–Trinajstić information content (AvgIpc) is 3.08. The number of allylic oxidation sites excluding steroid dienone is 1. The zero-order valence-corrected chi connectivity index (χ0v) is 19.4. The van der Waals surface area contributed by atoms with Crippen LogP contribution in [0, 0.1) is 0 Å². The largest absolute Gasteiger partial charge is 0.444 e. The highest BCUT2D eigenvalue weighted by atomic mass is 32.2. The van der Waals surface area contributed by atoms with Crippen LogP contribution in [0.2, 0.25) is 0 Å². The molecule has 0 unspecified atom stereocenters. The monoisotopic (exact) mass is 457 g/mol. The highest BCUT2D eigenvalue weighted by Crippen LogP contribution is 2.34. The van der Waals surface area contributed by atoms with Crippen LogP contribution >= 0.6 is 0 Å². The highest BCUT2D eigenvalue weighted by molar-refractivity contribution is 8.05. The van der Waals surface area contributed by atoms with Gasteiger partial charge in [-0.1, -0.05) is 30.3 Å². The number of sulfonamides is 1. The van der Waals surface area contributed by atoms with Crippen molar-refractivity contribution in [1.29, 1.82) is 0 Å². The number of anilines is 1. The summed E-state index contributed by atoms with van der Waals surface area (Å²) in [5.41, 5.74) is 2.82. The zero-order valence-electron chi connectivity index (χ0n) is 18.6. The van der Waals surface area contributed by atoms with Gasteiger partial charge in [0.25, 0.3) is 10.0 Å². The molecule has 4 rings (SSSR count). The van der Waals surface area contributed by atoms with E-state index in [0.717, 1.165) is 11.1 Å². The van der Waals surface area contributed by atoms with Gasteiger partial charge in [0.1, 0.15) is 16.8 Å². The van der Waals surface area contributed by atoms with Crippen LogP contribution in [0.3, 0.4) is 0 Å². The Bertz CT molecular complexity index is 1180. The summed E-state index contributed by atoms with van der Waals surface area (Å²) in [6, 6.07) is 9.44. The van der Waals surface area contributed by atoms with Gasteiger partial charge in [-0.3, -0.25) is 9.58 Å². The number of aliphatic imine (C=N–C) groups is 1. The molecule has 1 atom stereocenters. The summed E-state index contributed by atoms with van der Waals surface area (Å²) in [7, 11) is -3.84. The van der Waals surface area contributed by atoms with Crippen LogP contribution in [0.25, 0.3) is 0 Å². The van der Waals surface area contributed by atoms with Crippen molar-refractivity contribution in [1.82, 2.24) is 14.7 Å². The minimum absolute atomic E-state index is 0.149. The SMILES string of the molecule is C[C@H]1Cn2ncc(N3C(Cc4ccccc4)=CN=CS3(=O)=O)c2CN1C(=O)OC(C)(C)C. The first kappa shape index (κ1) is 22.1. The van der Waals surface area contributed by atoms with Crippen LogP contribution in [-0.2, 0) is 34.3 Å². The van der Waals surface area contributed by atoms with E-state index in [-0.39, 0.29) is 12.6 Å². The Balaban J connectivity index is 1.69. The molecule has 1 amide bonds. The molecule has 1 aromatic carbocycles. The molecule has 32 heavy (non-hydrogen) atoms. The smallest absolute Gasteiger partial charge is 0.410 e. The number of fused-ring (bicyclic) bond motifs is 1. The van der Waals surface area contributed by atoms with E-state index in [1.165, 1.54) is 10.5 Å². The lowest BCUT2D eigenvalue weighted by molar-refractivity contribution is 0.00914. The Morgan fingerprint density at radius 2 is 1.94 bits per heavy atom. The number of hydrogen-bond donors (Lipinski definition) is 0.